The summed E-state index contributed by atoms with van der Waals surface area (Å²) >= 11 is 0. The lowest BCUT2D eigenvalue weighted by molar-refractivity contribution is -0.231. The molecule has 0 heterocycles. The van der Waals surface area contributed by atoms with Crippen LogP contribution in [-0.4, -0.2) is 50.1 Å². The summed E-state index contributed by atoms with van der Waals surface area (Å²) in [5, 5.41) is 12.1. The van der Waals surface area contributed by atoms with Gasteiger partial charge in [0.25, 0.3) is 0 Å². The van der Waals surface area contributed by atoms with Crippen molar-refractivity contribution in [3.8, 4) is 0 Å². The number of aliphatic carboxylic acids is 1. The van der Waals surface area contributed by atoms with Gasteiger partial charge in [0.2, 0.25) is 0 Å². The first-order valence-electron chi connectivity index (χ1n) is 9.25. The number of methoxy groups -OCH3 is 1. The minimum atomic E-state index is -1.00. The third kappa shape index (κ3) is 4.42. The number of rotatable bonds is 11. The van der Waals surface area contributed by atoms with E-state index in [-0.39, 0.29) is 17.4 Å². The monoisotopic (exact) mass is 377 g/mol. The summed E-state index contributed by atoms with van der Waals surface area (Å²) in [6.07, 6.45) is 2.66. The number of carbonyl (C=O) groups is 2. The number of hydrogen-bond acceptors (Lipinski definition) is 5. The number of hydrogen-bond donors (Lipinski definition) is 2. The van der Waals surface area contributed by atoms with E-state index >= 15 is 0 Å². The highest BCUT2D eigenvalue weighted by Gasteiger charge is 2.71. The number of carbonyl (C=O) groups excluding carboxylic acids is 1. The second kappa shape index (κ2) is 8.27. The Kier molecular flexibility index (Phi) is 6.01. The molecule has 2 N–H and O–H groups in total. The van der Waals surface area contributed by atoms with Gasteiger partial charge in [0.1, 0.15) is 12.6 Å². The van der Waals surface area contributed by atoms with E-state index in [2.05, 4.69) is 5.32 Å². The molecule has 3 aliphatic rings. The van der Waals surface area contributed by atoms with Gasteiger partial charge in [-0.25, -0.2) is 9.59 Å². The molecule has 2 bridgehead atoms. The first kappa shape index (κ1) is 19.6. The zero-order valence-corrected chi connectivity index (χ0v) is 15.6. The lowest BCUT2D eigenvalue weighted by Crippen LogP contribution is -2.71. The number of alkyl carbamates (subject to hydrolysis) is 1. The number of carboxylic acid groups (broad SMARTS) is 1. The van der Waals surface area contributed by atoms with Crippen molar-refractivity contribution >= 4 is 12.1 Å². The highest BCUT2D eigenvalue weighted by molar-refractivity contribution is 5.81. The Labute approximate surface area is 159 Å². The predicted octanol–water partition coefficient (Wildman–Crippen LogP) is 2.59. The van der Waals surface area contributed by atoms with Gasteiger partial charge in [-0.3, -0.25) is 0 Å². The maximum atomic E-state index is 12.1. The van der Waals surface area contributed by atoms with Gasteiger partial charge < -0.3 is 24.6 Å². The largest absolute Gasteiger partial charge is 0.480 e. The molecule has 27 heavy (non-hydrogen) atoms. The highest BCUT2D eigenvalue weighted by Crippen LogP contribution is 2.76. The molecule has 148 valence electrons. The van der Waals surface area contributed by atoms with Gasteiger partial charge >= 0.3 is 12.1 Å². The van der Waals surface area contributed by atoms with E-state index in [1.165, 1.54) is 0 Å². The van der Waals surface area contributed by atoms with E-state index in [1.54, 1.807) is 7.11 Å². The Morgan fingerprint density at radius 1 is 1.15 bits per heavy atom. The van der Waals surface area contributed by atoms with E-state index in [4.69, 9.17) is 14.2 Å². The van der Waals surface area contributed by atoms with Crippen LogP contribution in [0.2, 0.25) is 0 Å². The van der Waals surface area contributed by atoms with Gasteiger partial charge in [-0.15, -0.1) is 0 Å². The summed E-state index contributed by atoms with van der Waals surface area (Å²) < 4.78 is 15.6. The molecule has 1 unspecified atom stereocenters. The van der Waals surface area contributed by atoms with Crippen LogP contribution in [0.15, 0.2) is 30.3 Å². The second-order valence-electron chi connectivity index (χ2n) is 7.73. The molecular weight excluding hydrogens is 350 g/mol. The van der Waals surface area contributed by atoms with Crippen LogP contribution in [0, 0.1) is 10.8 Å². The maximum Gasteiger partial charge on any atom is 0.408 e. The lowest BCUT2D eigenvalue weighted by Gasteiger charge is -2.72. The molecule has 7 heteroatoms. The smallest absolute Gasteiger partial charge is 0.408 e. The van der Waals surface area contributed by atoms with Gasteiger partial charge in [-0.1, -0.05) is 30.3 Å². The Morgan fingerprint density at radius 2 is 1.85 bits per heavy atom. The third-order valence-corrected chi connectivity index (χ3v) is 5.72. The average Bonchev–Trinajstić information content (AvgIpc) is 2.59. The van der Waals surface area contributed by atoms with E-state index in [9.17, 15) is 14.7 Å². The minimum absolute atomic E-state index is 0.120. The molecule has 3 fully saturated rings. The first-order valence-corrected chi connectivity index (χ1v) is 9.25. The van der Waals surface area contributed by atoms with E-state index in [1.807, 2.05) is 30.3 Å². The summed E-state index contributed by atoms with van der Waals surface area (Å²) in [5.74, 6) is -1.00. The van der Waals surface area contributed by atoms with Crippen molar-refractivity contribution in [2.24, 2.45) is 10.8 Å². The van der Waals surface area contributed by atoms with Crippen molar-refractivity contribution in [3.05, 3.63) is 35.9 Å². The predicted molar refractivity (Wildman–Crippen MR) is 97.2 cm³/mol. The van der Waals surface area contributed by atoms with Gasteiger partial charge in [0.15, 0.2) is 0 Å². The van der Waals surface area contributed by atoms with Crippen LogP contribution in [0.25, 0.3) is 0 Å². The molecule has 1 atom stereocenters. The van der Waals surface area contributed by atoms with Gasteiger partial charge in [0.05, 0.1) is 13.2 Å². The summed E-state index contributed by atoms with van der Waals surface area (Å²) in [6.45, 7) is 1.93. The standard InChI is InChI=1S/C20H27NO6/c1-25-9-10-26-8-7-19-12-20(13-19,14-19)16(17(22)23)21-18(24)27-11-15-5-3-2-4-6-15/h2-6,16H,7-14H2,1H3,(H,21,24)(H,22,23). The molecule has 1 aromatic rings. The molecule has 0 aromatic heterocycles. The molecule has 7 nitrogen and oxygen atoms in total. The molecule has 0 radical (unpaired) electrons. The van der Waals surface area contributed by atoms with E-state index in [0.717, 1.165) is 31.2 Å². The topological polar surface area (TPSA) is 94.1 Å². The molecular formula is C20H27NO6. The Hall–Kier alpha value is -2.12. The first-order chi connectivity index (χ1) is 13.0. The molecule has 3 aliphatic carbocycles. The normalized spacial score (nSPS) is 26.4. The lowest BCUT2D eigenvalue weighted by atomic mass is 9.32. The quantitative estimate of drug-likeness (QED) is 0.576. The number of ether oxygens (including phenoxy) is 3. The number of carboxylic acids is 1. The molecule has 0 saturated heterocycles. The van der Waals surface area contributed by atoms with Crippen molar-refractivity contribution in [2.75, 3.05) is 26.9 Å². The fourth-order valence-corrected chi connectivity index (χ4v) is 4.55. The molecule has 4 rings (SSSR count). The van der Waals surface area contributed by atoms with Crippen molar-refractivity contribution in [3.63, 3.8) is 0 Å². The Morgan fingerprint density at radius 3 is 2.48 bits per heavy atom. The zero-order valence-electron chi connectivity index (χ0n) is 15.6. The van der Waals surface area contributed by atoms with E-state index < -0.39 is 18.1 Å². The van der Waals surface area contributed by atoms with Crippen molar-refractivity contribution < 1.29 is 28.9 Å². The summed E-state index contributed by atoms with van der Waals surface area (Å²) in [7, 11) is 1.64. The van der Waals surface area contributed by atoms with E-state index in [0.29, 0.717) is 19.8 Å². The van der Waals surface area contributed by atoms with Crippen LogP contribution < -0.4 is 5.32 Å². The average molecular weight is 377 g/mol. The molecule has 3 saturated carbocycles. The van der Waals surface area contributed by atoms with Crippen LogP contribution in [-0.2, 0) is 25.6 Å². The van der Waals surface area contributed by atoms with Gasteiger partial charge in [0, 0.05) is 19.1 Å². The maximum absolute atomic E-state index is 12.1. The molecule has 1 amide bonds. The fraction of sp³-hybridized carbons (Fsp3) is 0.600. The van der Waals surface area contributed by atoms with Gasteiger partial charge in [-0.2, -0.15) is 0 Å². The fourth-order valence-electron chi connectivity index (χ4n) is 4.55. The Balaban J connectivity index is 1.43. The van der Waals surface area contributed by atoms with Crippen molar-refractivity contribution in [2.45, 2.75) is 38.3 Å². The van der Waals surface area contributed by atoms with Crippen LogP contribution in [0.1, 0.15) is 31.2 Å². The molecule has 0 spiro atoms. The summed E-state index contributed by atoms with van der Waals surface area (Å²) in [5.41, 5.74) is 0.693. The highest BCUT2D eigenvalue weighted by atomic mass is 16.5. The number of nitrogens with one attached hydrogen (secondary N) is 1. The SMILES string of the molecule is COCCOCCC12CC(C(NC(=O)OCc3ccccc3)C(=O)O)(C1)C2. The van der Waals surface area contributed by atoms with Crippen LogP contribution >= 0.6 is 0 Å². The molecule has 1 aromatic carbocycles. The van der Waals surface area contributed by atoms with Crippen LogP contribution in [0.3, 0.4) is 0 Å². The van der Waals surface area contributed by atoms with Crippen molar-refractivity contribution in [1.82, 2.24) is 5.32 Å². The third-order valence-electron chi connectivity index (χ3n) is 5.72. The van der Waals surface area contributed by atoms with Crippen molar-refractivity contribution in [1.29, 1.82) is 0 Å². The number of benzene rings is 1. The van der Waals surface area contributed by atoms with Gasteiger partial charge in [-0.05, 0) is 36.7 Å². The summed E-state index contributed by atoms with van der Waals surface area (Å²) in [4.78, 5) is 23.8. The second-order valence-corrected chi connectivity index (χ2v) is 7.73. The van der Waals surface area contributed by atoms with Crippen LogP contribution in [0.4, 0.5) is 4.79 Å². The number of amides is 1. The zero-order chi connectivity index (χ0) is 19.3. The molecule has 0 aliphatic heterocycles. The minimum Gasteiger partial charge on any atom is -0.480 e. The summed E-state index contributed by atoms with van der Waals surface area (Å²) in [6, 6.07) is 8.39. The van der Waals surface area contributed by atoms with Crippen LogP contribution in [0.5, 0.6) is 0 Å². The Bertz CT molecular complexity index is 642.